The molecule has 1 atom stereocenters. The standard InChI is InChI=1S/C56H38N2/c57-53(40-26-24-38(25-27-40)37-10-2-1-3-11-37)34-54(44-29-30-47-48-18-8-14-41-15-9-19-49(56(41)48)52(47)33-44)58-35-36-20-22-42(23-21-36)55-46-17-7-5-13-43(46)32-51-45-16-6-4-12-39(45)28-31-50(51)55/h1-35,53H,57H2/b54-34-,58-35?. The van der Waals surface area contributed by atoms with Gasteiger partial charge in [-0.25, -0.2) is 0 Å². The van der Waals surface area contributed by atoms with Crippen LogP contribution in [0.3, 0.4) is 0 Å². The minimum Gasteiger partial charge on any atom is -0.321 e. The molecule has 0 amide bonds. The van der Waals surface area contributed by atoms with E-state index in [9.17, 15) is 0 Å². The summed E-state index contributed by atoms with van der Waals surface area (Å²) in [5, 5.41) is 10.1. The van der Waals surface area contributed by atoms with Crippen LogP contribution in [0.5, 0.6) is 0 Å². The van der Waals surface area contributed by atoms with Crippen molar-refractivity contribution in [3.8, 4) is 44.5 Å². The highest BCUT2D eigenvalue weighted by molar-refractivity contribution is 6.20. The van der Waals surface area contributed by atoms with Crippen LogP contribution in [0.1, 0.15) is 22.7 Å². The first-order valence-corrected chi connectivity index (χ1v) is 19.9. The second-order valence-electron chi connectivity index (χ2n) is 15.3. The van der Waals surface area contributed by atoms with E-state index in [-0.39, 0.29) is 6.04 Å². The lowest BCUT2D eigenvalue weighted by Crippen LogP contribution is -2.07. The van der Waals surface area contributed by atoms with E-state index in [4.69, 9.17) is 10.7 Å². The van der Waals surface area contributed by atoms with Gasteiger partial charge in [0, 0.05) is 11.8 Å². The van der Waals surface area contributed by atoms with Gasteiger partial charge >= 0.3 is 0 Å². The predicted molar refractivity (Wildman–Crippen MR) is 247 cm³/mol. The Hall–Kier alpha value is -7.39. The molecule has 10 aromatic carbocycles. The van der Waals surface area contributed by atoms with Crippen LogP contribution in [0, 0.1) is 0 Å². The van der Waals surface area contributed by atoms with Crippen molar-refractivity contribution >= 4 is 55.0 Å². The molecule has 1 aliphatic rings. The molecule has 272 valence electrons. The topological polar surface area (TPSA) is 38.4 Å². The number of aliphatic imine (C=N–C) groups is 1. The fourth-order valence-corrected chi connectivity index (χ4v) is 8.97. The van der Waals surface area contributed by atoms with E-state index in [1.807, 2.05) is 12.3 Å². The third-order valence-corrected chi connectivity index (χ3v) is 11.9. The lowest BCUT2D eigenvalue weighted by Gasteiger charge is -2.14. The van der Waals surface area contributed by atoms with Crippen LogP contribution in [0.25, 0.3) is 93.3 Å². The molecule has 0 aromatic heterocycles. The zero-order chi connectivity index (χ0) is 38.6. The summed E-state index contributed by atoms with van der Waals surface area (Å²) in [6, 6.07) is 71.6. The maximum Gasteiger partial charge on any atom is 0.0681 e. The van der Waals surface area contributed by atoms with Gasteiger partial charge in [-0.3, -0.25) is 4.99 Å². The number of nitrogens with zero attached hydrogens (tertiary/aromatic N) is 1. The monoisotopic (exact) mass is 738 g/mol. The fourth-order valence-electron chi connectivity index (χ4n) is 8.97. The Morgan fingerprint density at radius 1 is 0.431 bits per heavy atom. The molecule has 0 saturated heterocycles. The first-order valence-electron chi connectivity index (χ1n) is 19.9. The normalized spacial score (nSPS) is 12.9. The Morgan fingerprint density at radius 2 is 1.09 bits per heavy atom. The van der Waals surface area contributed by atoms with E-state index in [1.165, 1.54) is 87.6 Å². The second-order valence-corrected chi connectivity index (χ2v) is 15.3. The molecule has 1 unspecified atom stereocenters. The molecule has 0 fully saturated rings. The summed E-state index contributed by atoms with van der Waals surface area (Å²) in [4.78, 5) is 5.21. The van der Waals surface area contributed by atoms with Crippen molar-refractivity contribution < 1.29 is 0 Å². The van der Waals surface area contributed by atoms with Gasteiger partial charge in [-0.05, 0) is 117 Å². The number of nitrogens with two attached hydrogens (primary N) is 1. The van der Waals surface area contributed by atoms with Gasteiger partial charge in [0.15, 0.2) is 0 Å². The molecule has 0 spiro atoms. The minimum atomic E-state index is -0.357. The molecule has 10 aromatic rings. The maximum absolute atomic E-state index is 6.99. The lowest BCUT2D eigenvalue weighted by molar-refractivity contribution is 0.911. The lowest BCUT2D eigenvalue weighted by atomic mass is 9.89. The van der Waals surface area contributed by atoms with Gasteiger partial charge in [-0.15, -0.1) is 0 Å². The number of fused-ring (bicyclic) bond motifs is 7. The van der Waals surface area contributed by atoms with Gasteiger partial charge in [0.1, 0.15) is 0 Å². The van der Waals surface area contributed by atoms with Crippen LogP contribution in [-0.4, -0.2) is 6.21 Å². The first kappa shape index (κ1) is 33.9. The Kier molecular flexibility index (Phi) is 8.17. The molecule has 11 rings (SSSR count). The summed E-state index contributed by atoms with van der Waals surface area (Å²) in [5.41, 5.74) is 20.7. The summed E-state index contributed by atoms with van der Waals surface area (Å²) >= 11 is 0. The third kappa shape index (κ3) is 5.82. The van der Waals surface area contributed by atoms with Gasteiger partial charge in [-0.2, -0.15) is 0 Å². The van der Waals surface area contributed by atoms with Crippen LogP contribution in [0.4, 0.5) is 0 Å². The fraction of sp³-hybridized carbons (Fsp3) is 0.0179. The second kappa shape index (κ2) is 14.0. The molecular weight excluding hydrogens is 701 g/mol. The van der Waals surface area contributed by atoms with Gasteiger partial charge < -0.3 is 5.73 Å². The van der Waals surface area contributed by atoms with E-state index in [0.29, 0.717) is 0 Å². The van der Waals surface area contributed by atoms with Crippen LogP contribution in [0.2, 0.25) is 0 Å². The van der Waals surface area contributed by atoms with Crippen molar-refractivity contribution in [1.29, 1.82) is 0 Å². The number of rotatable bonds is 7. The summed E-state index contributed by atoms with van der Waals surface area (Å²) in [7, 11) is 0. The molecule has 0 saturated carbocycles. The smallest absolute Gasteiger partial charge is 0.0681 e. The van der Waals surface area contributed by atoms with E-state index in [1.54, 1.807) is 0 Å². The Morgan fingerprint density at radius 3 is 1.88 bits per heavy atom. The van der Waals surface area contributed by atoms with Crippen LogP contribution >= 0.6 is 0 Å². The van der Waals surface area contributed by atoms with E-state index < -0.39 is 0 Å². The number of hydrogen-bond donors (Lipinski definition) is 1. The predicted octanol–water partition coefficient (Wildman–Crippen LogP) is 14.4. The van der Waals surface area contributed by atoms with Gasteiger partial charge in [-0.1, -0.05) is 188 Å². The van der Waals surface area contributed by atoms with Crippen molar-refractivity contribution in [3.05, 3.63) is 223 Å². The zero-order valence-corrected chi connectivity index (χ0v) is 31.8. The largest absolute Gasteiger partial charge is 0.321 e. The van der Waals surface area contributed by atoms with Gasteiger partial charge in [0.2, 0.25) is 0 Å². The highest BCUT2D eigenvalue weighted by Crippen LogP contribution is 2.48. The summed E-state index contributed by atoms with van der Waals surface area (Å²) in [6.07, 6.45) is 4.07. The summed E-state index contributed by atoms with van der Waals surface area (Å²) < 4.78 is 0. The summed E-state index contributed by atoms with van der Waals surface area (Å²) in [5.74, 6) is 0. The highest BCUT2D eigenvalue weighted by Gasteiger charge is 2.22. The summed E-state index contributed by atoms with van der Waals surface area (Å²) in [6.45, 7) is 0. The Bertz CT molecular complexity index is 3260. The molecule has 0 bridgehead atoms. The minimum absolute atomic E-state index is 0.357. The Labute approximate surface area is 337 Å². The molecule has 0 aliphatic heterocycles. The quantitative estimate of drug-likeness (QED) is 0.0987. The van der Waals surface area contributed by atoms with E-state index in [0.717, 1.165) is 22.4 Å². The molecule has 2 nitrogen and oxygen atoms in total. The van der Waals surface area contributed by atoms with Crippen LogP contribution < -0.4 is 5.73 Å². The molecular formula is C56H38N2. The van der Waals surface area contributed by atoms with Crippen LogP contribution in [0.15, 0.2) is 211 Å². The molecule has 2 N–H and O–H groups in total. The SMILES string of the molecule is NC(/C=C(\N=Cc1ccc(-c2c3ccccc3cc3c2ccc2ccccc23)cc1)c1ccc2c(c1)-c1cccc3cccc-2c13)c1ccc(-c2ccccc2)cc1. The maximum atomic E-state index is 6.99. The van der Waals surface area contributed by atoms with Crippen molar-refractivity contribution in [2.24, 2.45) is 10.7 Å². The molecule has 1 aliphatic carbocycles. The van der Waals surface area contributed by atoms with Crippen LogP contribution in [-0.2, 0) is 0 Å². The Balaban J connectivity index is 0.983. The molecule has 2 heteroatoms. The van der Waals surface area contributed by atoms with E-state index >= 15 is 0 Å². The number of benzene rings is 10. The first-order chi connectivity index (χ1) is 28.7. The molecule has 0 radical (unpaired) electrons. The van der Waals surface area contributed by atoms with Crippen molar-refractivity contribution in [2.75, 3.05) is 0 Å². The zero-order valence-electron chi connectivity index (χ0n) is 31.8. The third-order valence-electron chi connectivity index (χ3n) is 11.9. The average Bonchev–Trinajstić information content (AvgIpc) is 3.61. The van der Waals surface area contributed by atoms with Crippen molar-refractivity contribution in [1.82, 2.24) is 0 Å². The van der Waals surface area contributed by atoms with Crippen molar-refractivity contribution in [3.63, 3.8) is 0 Å². The van der Waals surface area contributed by atoms with Crippen molar-refractivity contribution in [2.45, 2.75) is 6.04 Å². The van der Waals surface area contributed by atoms with Gasteiger partial charge in [0.25, 0.3) is 0 Å². The van der Waals surface area contributed by atoms with E-state index in [2.05, 4.69) is 200 Å². The average molecular weight is 739 g/mol. The number of hydrogen-bond acceptors (Lipinski definition) is 2. The highest BCUT2D eigenvalue weighted by atomic mass is 14.7. The van der Waals surface area contributed by atoms with Gasteiger partial charge in [0.05, 0.1) is 11.7 Å². The molecule has 58 heavy (non-hydrogen) atoms. The molecule has 0 heterocycles.